The van der Waals surface area contributed by atoms with Crippen molar-refractivity contribution in [2.75, 3.05) is 0 Å². The fraction of sp³-hybridized carbons (Fsp3) is 0.214. The van der Waals surface area contributed by atoms with Gasteiger partial charge in [-0.25, -0.2) is 4.39 Å². The summed E-state index contributed by atoms with van der Waals surface area (Å²) in [4.78, 5) is 4.00. The van der Waals surface area contributed by atoms with Gasteiger partial charge in [0.2, 0.25) is 0 Å². The average Bonchev–Trinajstić information content (AvgIpc) is 2.38. The SMILES string of the molecule is C=C(CC)C(N)=C(F)C=NCc1ccccc1. The lowest BCUT2D eigenvalue weighted by atomic mass is 10.1. The molecule has 0 amide bonds. The largest absolute Gasteiger partial charge is 0.396 e. The van der Waals surface area contributed by atoms with Crippen molar-refractivity contribution >= 4 is 6.21 Å². The van der Waals surface area contributed by atoms with Crippen LogP contribution in [0, 0.1) is 0 Å². The topological polar surface area (TPSA) is 38.4 Å². The van der Waals surface area contributed by atoms with Crippen molar-refractivity contribution in [3.63, 3.8) is 0 Å². The summed E-state index contributed by atoms with van der Waals surface area (Å²) in [5.41, 5.74) is 7.28. The third kappa shape index (κ3) is 4.23. The monoisotopic (exact) mass is 232 g/mol. The van der Waals surface area contributed by atoms with Gasteiger partial charge in [-0.1, -0.05) is 43.8 Å². The second kappa shape index (κ2) is 6.63. The van der Waals surface area contributed by atoms with Gasteiger partial charge in [-0.05, 0) is 17.6 Å². The van der Waals surface area contributed by atoms with Crippen LogP contribution < -0.4 is 5.73 Å². The first-order valence-corrected chi connectivity index (χ1v) is 5.52. The highest BCUT2D eigenvalue weighted by Gasteiger charge is 2.02. The van der Waals surface area contributed by atoms with E-state index in [4.69, 9.17) is 5.73 Å². The number of aliphatic imine (C=N–C) groups is 1. The maximum Gasteiger partial charge on any atom is 0.164 e. The fourth-order valence-electron chi connectivity index (χ4n) is 1.24. The van der Waals surface area contributed by atoms with Crippen molar-refractivity contribution in [3.8, 4) is 0 Å². The second-order valence-corrected chi connectivity index (χ2v) is 3.67. The number of allylic oxidation sites excluding steroid dienone is 2. The Kier molecular flexibility index (Phi) is 5.14. The molecule has 0 aliphatic carbocycles. The predicted molar refractivity (Wildman–Crippen MR) is 70.4 cm³/mol. The van der Waals surface area contributed by atoms with Crippen molar-refractivity contribution in [3.05, 3.63) is 59.6 Å². The minimum atomic E-state index is -0.521. The summed E-state index contributed by atoms with van der Waals surface area (Å²) >= 11 is 0. The molecule has 0 fully saturated rings. The normalized spacial score (nSPS) is 12.6. The highest BCUT2D eigenvalue weighted by molar-refractivity contribution is 5.77. The van der Waals surface area contributed by atoms with Crippen molar-refractivity contribution in [1.29, 1.82) is 0 Å². The zero-order valence-electron chi connectivity index (χ0n) is 9.99. The molecule has 0 aliphatic heterocycles. The molecule has 2 N–H and O–H groups in total. The number of nitrogens with two attached hydrogens (primary N) is 1. The third-order valence-electron chi connectivity index (χ3n) is 2.39. The van der Waals surface area contributed by atoms with E-state index >= 15 is 0 Å². The Morgan fingerprint density at radius 1 is 1.41 bits per heavy atom. The van der Waals surface area contributed by atoms with E-state index in [-0.39, 0.29) is 5.70 Å². The van der Waals surface area contributed by atoms with Crippen LogP contribution in [0.5, 0.6) is 0 Å². The molecule has 90 valence electrons. The highest BCUT2D eigenvalue weighted by Crippen LogP contribution is 2.11. The van der Waals surface area contributed by atoms with Crippen LogP contribution in [-0.2, 0) is 6.54 Å². The van der Waals surface area contributed by atoms with E-state index in [1.54, 1.807) is 0 Å². The number of rotatable bonds is 5. The lowest BCUT2D eigenvalue weighted by Gasteiger charge is -2.02. The Balaban J connectivity index is 2.63. The van der Waals surface area contributed by atoms with Crippen LogP contribution in [0.1, 0.15) is 18.9 Å². The number of hydrogen-bond acceptors (Lipinski definition) is 2. The standard InChI is InChI=1S/C14H17FN2/c1-3-11(2)14(16)13(15)10-17-9-12-7-5-4-6-8-12/h4-8,10H,2-3,9,16H2,1H3. The van der Waals surface area contributed by atoms with E-state index in [1.165, 1.54) is 0 Å². The van der Waals surface area contributed by atoms with Crippen molar-refractivity contribution in [2.24, 2.45) is 10.7 Å². The molecule has 0 saturated heterocycles. The molecule has 0 heterocycles. The van der Waals surface area contributed by atoms with E-state index in [0.29, 0.717) is 18.5 Å². The minimum Gasteiger partial charge on any atom is -0.396 e. The zero-order chi connectivity index (χ0) is 12.7. The summed E-state index contributed by atoms with van der Waals surface area (Å²) < 4.78 is 13.5. The van der Waals surface area contributed by atoms with Crippen LogP contribution in [0.2, 0.25) is 0 Å². The molecular formula is C14H17FN2. The average molecular weight is 232 g/mol. The number of hydrogen-bond donors (Lipinski definition) is 1. The summed E-state index contributed by atoms with van der Waals surface area (Å²) in [6.07, 6.45) is 1.79. The van der Waals surface area contributed by atoms with E-state index in [2.05, 4.69) is 11.6 Å². The molecule has 2 nitrogen and oxygen atoms in total. The molecule has 0 radical (unpaired) electrons. The summed E-state index contributed by atoms with van der Waals surface area (Å²) in [6, 6.07) is 9.65. The summed E-state index contributed by atoms with van der Waals surface area (Å²) in [6.45, 7) is 6.00. The first-order chi connectivity index (χ1) is 8.15. The first kappa shape index (κ1) is 13.2. The van der Waals surface area contributed by atoms with Gasteiger partial charge in [0, 0.05) is 0 Å². The van der Waals surface area contributed by atoms with Gasteiger partial charge < -0.3 is 5.73 Å². The molecule has 0 aromatic heterocycles. The first-order valence-electron chi connectivity index (χ1n) is 5.52. The van der Waals surface area contributed by atoms with Gasteiger partial charge in [-0.3, -0.25) is 4.99 Å². The molecule has 1 aromatic rings. The third-order valence-corrected chi connectivity index (χ3v) is 2.39. The summed E-state index contributed by atoms with van der Waals surface area (Å²) in [5, 5.41) is 0. The maximum atomic E-state index is 13.5. The van der Waals surface area contributed by atoms with Crippen LogP contribution in [0.3, 0.4) is 0 Å². The molecule has 0 bridgehead atoms. The van der Waals surface area contributed by atoms with E-state index in [9.17, 15) is 4.39 Å². The van der Waals surface area contributed by atoms with Crippen LogP contribution in [0.4, 0.5) is 4.39 Å². The predicted octanol–water partition coefficient (Wildman–Crippen LogP) is 3.36. The van der Waals surface area contributed by atoms with Gasteiger partial charge >= 0.3 is 0 Å². The van der Waals surface area contributed by atoms with Crippen molar-refractivity contribution in [2.45, 2.75) is 19.9 Å². The van der Waals surface area contributed by atoms with Gasteiger partial charge in [0.1, 0.15) is 0 Å². The Bertz CT molecular complexity index is 433. The summed E-state index contributed by atoms with van der Waals surface area (Å²) in [7, 11) is 0. The Hall–Kier alpha value is -1.90. The Morgan fingerprint density at radius 2 is 2.06 bits per heavy atom. The maximum absolute atomic E-state index is 13.5. The molecule has 0 atom stereocenters. The number of benzene rings is 1. The van der Waals surface area contributed by atoms with Gasteiger partial charge in [0.15, 0.2) is 5.83 Å². The fourth-order valence-corrected chi connectivity index (χ4v) is 1.24. The zero-order valence-corrected chi connectivity index (χ0v) is 9.99. The van der Waals surface area contributed by atoms with Crippen LogP contribution >= 0.6 is 0 Å². The van der Waals surface area contributed by atoms with Gasteiger partial charge in [0.25, 0.3) is 0 Å². The van der Waals surface area contributed by atoms with Crippen molar-refractivity contribution < 1.29 is 4.39 Å². The van der Waals surface area contributed by atoms with Gasteiger partial charge in [-0.2, -0.15) is 0 Å². The molecule has 0 spiro atoms. The second-order valence-electron chi connectivity index (χ2n) is 3.67. The van der Waals surface area contributed by atoms with Crippen LogP contribution in [0.25, 0.3) is 0 Å². The molecule has 3 heteroatoms. The number of nitrogens with zero attached hydrogens (tertiary/aromatic N) is 1. The summed E-state index contributed by atoms with van der Waals surface area (Å²) in [5.74, 6) is -0.521. The highest BCUT2D eigenvalue weighted by atomic mass is 19.1. The molecule has 0 saturated carbocycles. The number of halogens is 1. The van der Waals surface area contributed by atoms with E-state index in [1.807, 2.05) is 37.3 Å². The molecule has 1 aromatic carbocycles. The van der Waals surface area contributed by atoms with Gasteiger partial charge in [-0.15, -0.1) is 0 Å². The lowest BCUT2D eigenvalue weighted by molar-refractivity contribution is 0.671. The van der Waals surface area contributed by atoms with Crippen LogP contribution in [-0.4, -0.2) is 6.21 Å². The Morgan fingerprint density at radius 3 is 2.65 bits per heavy atom. The molecule has 0 aliphatic rings. The minimum absolute atomic E-state index is 0.0873. The molecule has 17 heavy (non-hydrogen) atoms. The smallest absolute Gasteiger partial charge is 0.164 e. The van der Waals surface area contributed by atoms with E-state index in [0.717, 1.165) is 11.8 Å². The quantitative estimate of drug-likeness (QED) is 0.613. The molecular weight excluding hydrogens is 215 g/mol. The van der Waals surface area contributed by atoms with Crippen LogP contribution in [0.15, 0.2) is 59.0 Å². The molecule has 0 unspecified atom stereocenters. The molecule has 1 rings (SSSR count). The Labute approximate surface area is 101 Å². The van der Waals surface area contributed by atoms with Crippen molar-refractivity contribution in [1.82, 2.24) is 0 Å². The van der Waals surface area contributed by atoms with Gasteiger partial charge in [0.05, 0.1) is 18.5 Å². The lowest BCUT2D eigenvalue weighted by Crippen LogP contribution is -2.03. The van der Waals surface area contributed by atoms with E-state index < -0.39 is 5.83 Å².